The zero-order valence-corrected chi connectivity index (χ0v) is 18.3. The van der Waals surface area contributed by atoms with E-state index in [-0.39, 0.29) is 18.1 Å². The lowest BCUT2D eigenvalue weighted by Crippen LogP contribution is -2.45. The Morgan fingerprint density at radius 1 is 1.06 bits per heavy atom. The highest BCUT2D eigenvalue weighted by molar-refractivity contribution is 5.92. The number of pyridine rings is 1. The number of likely N-dealkylation sites (tertiary alicyclic amines) is 1. The normalized spacial score (nSPS) is 19.3. The lowest BCUT2D eigenvalue weighted by Gasteiger charge is -2.33. The molecule has 2 aliphatic rings. The van der Waals surface area contributed by atoms with Gasteiger partial charge in [0.05, 0.1) is 7.11 Å². The predicted octanol–water partition coefficient (Wildman–Crippen LogP) is 4.46. The molecule has 6 heteroatoms. The van der Waals surface area contributed by atoms with E-state index in [4.69, 9.17) is 14.2 Å². The second-order valence-electron chi connectivity index (χ2n) is 8.39. The number of carbonyl (C=O) groups is 1. The van der Waals surface area contributed by atoms with Crippen LogP contribution in [0, 0.1) is 0 Å². The van der Waals surface area contributed by atoms with Crippen molar-refractivity contribution in [3.05, 3.63) is 54.7 Å². The number of fused-ring (bicyclic) bond motifs is 1. The Hall–Kier alpha value is -3.12. The van der Waals surface area contributed by atoms with Crippen LogP contribution in [0.4, 0.5) is 0 Å². The zero-order chi connectivity index (χ0) is 21.9. The number of aromatic nitrogens is 1. The van der Waals surface area contributed by atoms with Crippen molar-refractivity contribution in [1.29, 1.82) is 0 Å². The van der Waals surface area contributed by atoms with Crippen molar-refractivity contribution in [2.75, 3.05) is 26.8 Å². The first kappa shape index (κ1) is 20.8. The van der Waals surface area contributed by atoms with Crippen LogP contribution >= 0.6 is 0 Å². The maximum atomic E-state index is 12.5. The Balaban J connectivity index is 1.23. The number of piperidine rings is 1. The first-order valence-corrected chi connectivity index (χ1v) is 11.3. The minimum atomic E-state index is -0.234. The number of nitrogens with zero attached hydrogens (tertiary/aromatic N) is 2. The molecule has 2 saturated heterocycles. The fourth-order valence-electron chi connectivity index (χ4n) is 4.63. The lowest BCUT2D eigenvalue weighted by molar-refractivity contribution is -0.142. The van der Waals surface area contributed by atoms with E-state index in [1.54, 1.807) is 13.3 Å². The van der Waals surface area contributed by atoms with Gasteiger partial charge in [-0.25, -0.2) is 0 Å². The Morgan fingerprint density at radius 2 is 1.88 bits per heavy atom. The molecule has 5 rings (SSSR count). The van der Waals surface area contributed by atoms with Crippen LogP contribution in [0.1, 0.15) is 25.7 Å². The molecular formula is C26H28N2O4. The average molecular weight is 433 g/mol. The van der Waals surface area contributed by atoms with Gasteiger partial charge in [0.15, 0.2) is 5.75 Å². The van der Waals surface area contributed by atoms with Gasteiger partial charge in [0, 0.05) is 49.7 Å². The fraction of sp³-hybridized carbons (Fsp3) is 0.385. The molecule has 0 radical (unpaired) electrons. The predicted molar refractivity (Wildman–Crippen MR) is 123 cm³/mol. The molecule has 0 saturated carbocycles. The Kier molecular flexibility index (Phi) is 5.95. The summed E-state index contributed by atoms with van der Waals surface area (Å²) in [5.74, 6) is 1.76. The molecule has 1 unspecified atom stereocenters. The molecular weight excluding hydrogens is 404 g/mol. The number of hydrogen-bond donors (Lipinski definition) is 0. The summed E-state index contributed by atoms with van der Waals surface area (Å²) in [6.07, 6.45) is 5.17. The van der Waals surface area contributed by atoms with Gasteiger partial charge in [-0.2, -0.15) is 0 Å². The van der Waals surface area contributed by atoms with Crippen LogP contribution in [0.15, 0.2) is 54.7 Å². The maximum Gasteiger partial charge on any atom is 0.251 e. The van der Waals surface area contributed by atoms with Gasteiger partial charge in [0.1, 0.15) is 23.5 Å². The van der Waals surface area contributed by atoms with Crippen molar-refractivity contribution in [2.45, 2.75) is 37.9 Å². The molecule has 1 aromatic heterocycles. The van der Waals surface area contributed by atoms with Crippen molar-refractivity contribution in [3.8, 4) is 22.6 Å². The molecule has 32 heavy (non-hydrogen) atoms. The van der Waals surface area contributed by atoms with Crippen LogP contribution in [0.25, 0.3) is 22.0 Å². The molecule has 0 spiro atoms. The summed E-state index contributed by atoms with van der Waals surface area (Å²) in [5, 5.41) is 1.05. The zero-order valence-electron chi connectivity index (χ0n) is 18.3. The van der Waals surface area contributed by atoms with E-state index < -0.39 is 0 Å². The van der Waals surface area contributed by atoms with Crippen LogP contribution in [-0.4, -0.2) is 54.8 Å². The number of rotatable bonds is 5. The van der Waals surface area contributed by atoms with E-state index >= 15 is 0 Å². The molecule has 3 aromatic rings. The highest BCUT2D eigenvalue weighted by Gasteiger charge is 2.31. The SMILES string of the molecule is COc1c(-c2ccc(OC3CCN(C(=O)C4CCCO4)CC3)cc2)ccc2cccnc12. The minimum Gasteiger partial charge on any atom is -0.494 e. The van der Waals surface area contributed by atoms with Crippen molar-refractivity contribution in [1.82, 2.24) is 9.88 Å². The molecule has 6 nitrogen and oxygen atoms in total. The van der Waals surface area contributed by atoms with Crippen LogP contribution < -0.4 is 9.47 Å². The standard InChI is InChI=1S/C26H28N2O4/c1-30-25-22(11-8-19-4-2-14-27-24(19)25)18-6-9-20(10-7-18)32-21-12-15-28(16-13-21)26(29)23-5-3-17-31-23/h2,4,6-11,14,21,23H,3,5,12-13,15-17H2,1H3. The van der Waals surface area contributed by atoms with Gasteiger partial charge >= 0.3 is 0 Å². The Morgan fingerprint density at radius 3 is 2.59 bits per heavy atom. The van der Waals surface area contributed by atoms with Crippen molar-refractivity contribution in [3.63, 3.8) is 0 Å². The van der Waals surface area contributed by atoms with E-state index in [0.29, 0.717) is 6.61 Å². The summed E-state index contributed by atoms with van der Waals surface area (Å²) >= 11 is 0. The Bertz CT molecular complexity index is 1080. The van der Waals surface area contributed by atoms with Crippen LogP contribution in [0.5, 0.6) is 11.5 Å². The second kappa shape index (κ2) is 9.17. The lowest BCUT2D eigenvalue weighted by atomic mass is 10.0. The van der Waals surface area contributed by atoms with Gasteiger partial charge in [0.2, 0.25) is 0 Å². The number of carbonyl (C=O) groups excluding carboxylic acids is 1. The van der Waals surface area contributed by atoms with Crippen LogP contribution in [0.2, 0.25) is 0 Å². The number of ether oxygens (including phenoxy) is 3. The third-order valence-electron chi connectivity index (χ3n) is 6.36. The molecule has 3 heterocycles. The number of methoxy groups -OCH3 is 1. The monoisotopic (exact) mass is 432 g/mol. The van der Waals surface area contributed by atoms with Crippen molar-refractivity contribution >= 4 is 16.8 Å². The topological polar surface area (TPSA) is 60.9 Å². The molecule has 0 N–H and O–H groups in total. The van der Waals surface area contributed by atoms with Gasteiger partial charge in [-0.1, -0.05) is 24.3 Å². The molecule has 1 amide bonds. The maximum absolute atomic E-state index is 12.5. The summed E-state index contributed by atoms with van der Waals surface area (Å²) in [6.45, 7) is 2.15. The second-order valence-corrected chi connectivity index (χ2v) is 8.39. The van der Waals surface area contributed by atoms with Crippen LogP contribution in [0.3, 0.4) is 0 Å². The molecule has 2 aliphatic heterocycles. The van der Waals surface area contributed by atoms with E-state index in [0.717, 1.165) is 72.3 Å². The van der Waals surface area contributed by atoms with Crippen molar-refractivity contribution < 1.29 is 19.0 Å². The summed E-state index contributed by atoms with van der Waals surface area (Å²) in [7, 11) is 1.68. The van der Waals surface area contributed by atoms with Crippen molar-refractivity contribution in [2.24, 2.45) is 0 Å². The number of benzene rings is 2. The van der Waals surface area contributed by atoms with Gasteiger partial charge in [-0.3, -0.25) is 9.78 Å². The first-order chi connectivity index (χ1) is 15.7. The molecule has 166 valence electrons. The van der Waals surface area contributed by atoms with Gasteiger partial charge < -0.3 is 19.1 Å². The Labute approximate surface area is 188 Å². The van der Waals surface area contributed by atoms with Gasteiger partial charge in [-0.05, 0) is 42.7 Å². The highest BCUT2D eigenvalue weighted by Crippen LogP contribution is 2.36. The van der Waals surface area contributed by atoms with Crippen LogP contribution in [-0.2, 0) is 9.53 Å². The summed E-state index contributed by atoms with van der Waals surface area (Å²) in [5.41, 5.74) is 2.92. The molecule has 2 fully saturated rings. The molecule has 0 bridgehead atoms. The smallest absolute Gasteiger partial charge is 0.251 e. The third-order valence-corrected chi connectivity index (χ3v) is 6.36. The third kappa shape index (κ3) is 4.15. The molecule has 0 aliphatic carbocycles. The fourth-order valence-corrected chi connectivity index (χ4v) is 4.63. The average Bonchev–Trinajstić information content (AvgIpc) is 3.39. The summed E-state index contributed by atoms with van der Waals surface area (Å²) < 4.78 is 17.5. The number of amides is 1. The van der Waals surface area contributed by atoms with E-state index in [1.165, 1.54) is 0 Å². The molecule has 1 atom stereocenters. The summed E-state index contributed by atoms with van der Waals surface area (Å²) in [6, 6.07) is 16.2. The van der Waals surface area contributed by atoms with Gasteiger partial charge in [0.25, 0.3) is 5.91 Å². The van der Waals surface area contributed by atoms with E-state index in [9.17, 15) is 4.79 Å². The summed E-state index contributed by atoms with van der Waals surface area (Å²) in [4.78, 5) is 18.9. The highest BCUT2D eigenvalue weighted by atomic mass is 16.5. The van der Waals surface area contributed by atoms with Gasteiger partial charge in [-0.15, -0.1) is 0 Å². The minimum absolute atomic E-state index is 0.119. The first-order valence-electron chi connectivity index (χ1n) is 11.3. The number of hydrogen-bond acceptors (Lipinski definition) is 5. The van der Waals surface area contributed by atoms with E-state index in [2.05, 4.69) is 29.2 Å². The largest absolute Gasteiger partial charge is 0.494 e. The molecule has 2 aromatic carbocycles. The van der Waals surface area contributed by atoms with E-state index in [1.807, 2.05) is 29.2 Å². The quantitative estimate of drug-likeness (QED) is 0.596.